The predicted molar refractivity (Wildman–Crippen MR) is 84.3 cm³/mol. The molecule has 2 unspecified atom stereocenters. The van der Waals surface area contributed by atoms with E-state index in [0.717, 1.165) is 34.3 Å². The van der Waals surface area contributed by atoms with E-state index in [1.54, 1.807) is 11.3 Å². The van der Waals surface area contributed by atoms with Gasteiger partial charge in [0.25, 0.3) is 0 Å². The van der Waals surface area contributed by atoms with E-state index in [9.17, 15) is 0 Å². The van der Waals surface area contributed by atoms with Gasteiger partial charge in [-0.05, 0) is 70.2 Å². The first-order valence-corrected chi connectivity index (χ1v) is 8.92. The fraction of sp³-hybridized carbons (Fsp3) is 0.692. The molecule has 102 valence electrons. The minimum Gasteiger partial charge on any atom is -0.376 e. The lowest BCUT2D eigenvalue weighted by Gasteiger charge is -2.30. The number of ether oxygens (including phenoxy) is 1. The number of rotatable bonds is 5. The van der Waals surface area contributed by atoms with Crippen molar-refractivity contribution in [3.63, 3.8) is 0 Å². The summed E-state index contributed by atoms with van der Waals surface area (Å²) in [5.74, 6) is 0. The largest absolute Gasteiger partial charge is 0.376 e. The Morgan fingerprint density at radius 3 is 2.89 bits per heavy atom. The van der Waals surface area contributed by atoms with Crippen molar-refractivity contribution in [1.29, 1.82) is 0 Å². The van der Waals surface area contributed by atoms with Crippen LogP contribution in [-0.4, -0.2) is 19.3 Å². The van der Waals surface area contributed by atoms with Crippen molar-refractivity contribution >= 4 is 43.2 Å². The zero-order valence-electron chi connectivity index (χ0n) is 10.5. The monoisotopic (exact) mass is 395 g/mol. The van der Waals surface area contributed by atoms with Crippen molar-refractivity contribution in [2.24, 2.45) is 0 Å². The average molecular weight is 397 g/mol. The Morgan fingerprint density at radius 2 is 2.33 bits per heavy atom. The van der Waals surface area contributed by atoms with Gasteiger partial charge >= 0.3 is 0 Å². The van der Waals surface area contributed by atoms with E-state index in [-0.39, 0.29) is 0 Å². The van der Waals surface area contributed by atoms with Crippen molar-refractivity contribution in [3.05, 3.63) is 19.2 Å². The Bertz CT molecular complexity index is 358. The number of halogens is 2. The standard InChI is InChI=1S/C13H19Br2NOS/c1-2-6-16-12(10-5-3-4-7-17-10)11-8-9(14)13(15)18-11/h8,10,12,16H,2-7H2,1H3. The van der Waals surface area contributed by atoms with Gasteiger partial charge in [0.15, 0.2) is 0 Å². The Labute approximate surface area is 130 Å². The summed E-state index contributed by atoms with van der Waals surface area (Å²) in [6.07, 6.45) is 5.12. The molecule has 2 rings (SSSR count). The maximum absolute atomic E-state index is 5.95. The van der Waals surface area contributed by atoms with Crippen LogP contribution in [0.5, 0.6) is 0 Å². The van der Waals surface area contributed by atoms with Gasteiger partial charge in [-0.25, -0.2) is 0 Å². The second-order valence-corrected chi connectivity index (χ2v) is 7.86. The third-order valence-electron chi connectivity index (χ3n) is 3.17. The second-order valence-electron chi connectivity index (χ2n) is 4.61. The summed E-state index contributed by atoms with van der Waals surface area (Å²) in [7, 11) is 0. The van der Waals surface area contributed by atoms with Crippen LogP contribution in [0.15, 0.2) is 14.3 Å². The highest BCUT2D eigenvalue weighted by molar-refractivity contribution is 9.13. The quantitative estimate of drug-likeness (QED) is 0.765. The molecule has 2 heterocycles. The highest BCUT2D eigenvalue weighted by atomic mass is 79.9. The van der Waals surface area contributed by atoms with E-state index in [1.165, 1.54) is 17.7 Å². The summed E-state index contributed by atoms with van der Waals surface area (Å²) in [5.41, 5.74) is 0. The molecule has 1 aromatic heterocycles. The molecule has 2 nitrogen and oxygen atoms in total. The molecule has 1 fully saturated rings. The molecule has 5 heteroatoms. The lowest BCUT2D eigenvalue weighted by molar-refractivity contribution is -0.00741. The third-order valence-corrected chi connectivity index (χ3v) is 6.51. The van der Waals surface area contributed by atoms with Crippen LogP contribution in [0.25, 0.3) is 0 Å². The van der Waals surface area contributed by atoms with Crippen molar-refractivity contribution in [2.75, 3.05) is 13.2 Å². The minimum absolute atomic E-state index is 0.322. The van der Waals surface area contributed by atoms with E-state index in [4.69, 9.17) is 4.74 Å². The summed E-state index contributed by atoms with van der Waals surface area (Å²) in [6.45, 7) is 4.15. The highest BCUT2D eigenvalue weighted by Crippen LogP contribution is 2.38. The van der Waals surface area contributed by atoms with Crippen molar-refractivity contribution in [3.8, 4) is 0 Å². The van der Waals surface area contributed by atoms with Gasteiger partial charge in [0, 0.05) is 16.0 Å². The highest BCUT2D eigenvalue weighted by Gasteiger charge is 2.27. The minimum atomic E-state index is 0.322. The molecule has 0 radical (unpaired) electrons. The van der Waals surface area contributed by atoms with Gasteiger partial charge in [0.1, 0.15) is 0 Å². The number of thiophene rings is 1. The normalized spacial score (nSPS) is 22.1. The van der Waals surface area contributed by atoms with Crippen LogP contribution in [0.3, 0.4) is 0 Å². The Hall–Kier alpha value is 0.580. The molecule has 0 spiro atoms. The molecule has 1 aliphatic heterocycles. The van der Waals surface area contributed by atoms with Crippen molar-refractivity contribution in [2.45, 2.75) is 44.8 Å². The molecule has 0 saturated carbocycles. The van der Waals surface area contributed by atoms with Gasteiger partial charge in [0.05, 0.1) is 15.9 Å². The summed E-state index contributed by atoms with van der Waals surface area (Å²) < 4.78 is 8.26. The van der Waals surface area contributed by atoms with Gasteiger partial charge in [-0.1, -0.05) is 6.92 Å². The van der Waals surface area contributed by atoms with Crippen LogP contribution in [-0.2, 0) is 4.74 Å². The maximum Gasteiger partial charge on any atom is 0.0843 e. The smallest absolute Gasteiger partial charge is 0.0843 e. The summed E-state index contributed by atoms with van der Waals surface area (Å²) in [6, 6.07) is 2.54. The Kier molecular flexibility index (Phi) is 6.15. The van der Waals surface area contributed by atoms with Crippen LogP contribution < -0.4 is 5.32 Å². The van der Waals surface area contributed by atoms with Gasteiger partial charge in [-0.2, -0.15) is 0 Å². The average Bonchev–Trinajstić information content (AvgIpc) is 2.71. The molecule has 0 aromatic carbocycles. The first-order valence-electron chi connectivity index (χ1n) is 6.52. The lowest BCUT2D eigenvalue weighted by Crippen LogP contribution is -2.35. The van der Waals surface area contributed by atoms with Gasteiger partial charge in [-0.3, -0.25) is 0 Å². The summed E-state index contributed by atoms with van der Waals surface area (Å²) in [5, 5.41) is 3.64. The number of nitrogens with one attached hydrogen (secondary N) is 1. The van der Waals surface area contributed by atoms with Crippen LogP contribution in [0.1, 0.15) is 43.5 Å². The van der Waals surface area contributed by atoms with Crippen LogP contribution in [0.4, 0.5) is 0 Å². The zero-order chi connectivity index (χ0) is 13.0. The summed E-state index contributed by atoms with van der Waals surface area (Å²) >= 11 is 8.94. The second kappa shape index (κ2) is 7.39. The van der Waals surface area contributed by atoms with E-state index in [2.05, 4.69) is 50.2 Å². The molecular formula is C13H19Br2NOS. The van der Waals surface area contributed by atoms with E-state index in [1.807, 2.05) is 0 Å². The first kappa shape index (κ1) is 15.0. The molecule has 0 bridgehead atoms. The lowest BCUT2D eigenvalue weighted by atomic mass is 10.0. The van der Waals surface area contributed by atoms with Gasteiger partial charge in [-0.15, -0.1) is 11.3 Å². The SMILES string of the molecule is CCCNC(c1cc(Br)c(Br)s1)C1CCCCO1. The third kappa shape index (κ3) is 3.79. The predicted octanol–water partition coefficient (Wildman–Crippen LogP) is 4.88. The van der Waals surface area contributed by atoms with Gasteiger partial charge < -0.3 is 10.1 Å². The first-order chi connectivity index (χ1) is 8.72. The molecular weight excluding hydrogens is 378 g/mol. The van der Waals surface area contributed by atoms with Crippen molar-refractivity contribution in [1.82, 2.24) is 5.32 Å². The topological polar surface area (TPSA) is 21.3 Å². The van der Waals surface area contributed by atoms with Gasteiger partial charge in [0.2, 0.25) is 0 Å². The van der Waals surface area contributed by atoms with E-state index in [0.29, 0.717) is 12.1 Å². The molecule has 0 amide bonds. The van der Waals surface area contributed by atoms with Crippen LogP contribution >= 0.6 is 43.2 Å². The number of hydrogen-bond donors (Lipinski definition) is 1. The molecule has 1 aromatic rings. The van der Waals surface area contributed by atoms with Crippen LogP contribution in [0.2, 0.25) is 0 Å². The molecule has 0 aliphatic carbocycles. The molecule has 1 aliphatic rings. The molecule has 2 atom stereocenters. The number of hydrogen-bond acceptors (Lipinski definition) is 3. The van der Waals surface area contributed by atoms with E-state index >= 15 is 0 Å². The Balaban J connectivity index is 2.12. The van der Waals surface area contributed by atoms with Crippen LogP contribution in [0, 0.1) is 0 Å². The fourth-order valence-electron chi connectivity index (χ4n) is 2.26. The zero-order valence-corrected chi connectivity index (χ0v) is 14.5. The molecule has 18 heavy (non-hydrogen) atoms. The van der Waals surface area contributed by atoms with E-state index < -0.39 is 0 Å². The Morgan fingerprint density at radius 1 is 1.50 bits per heavy atom. The fourth-order valence-corrected chi connectivity index (χ4v) is 4.48. The summed E-state index contributed by atoms with van der Waals surface area (Å²) in [4.78, 5) is 1.36. The maximum atomic E-state index is 5.95. The van der Waals surface area contributed by atoms with Crippen molar-refractivity contribution < 1.29 is 4.74 Å². The molecule has 1 saturated heterocycles. The molecule has 1 N–H and O–H groups in total.